The van der Waals surface area contributed by atoms with Crippen LogP contribution in [0.1, 0.15) is 54.0 Å². The van der Waals surface area contributed by atoms with Gasteiger partial charge in [0.15, 0.2) is 11.5 Å². The zero-order valence-electron chi connectivity index (χ0n) is 22.2. The van der Waals surface area contributed by atoms with E-state index in [1.54, 1.807) is 45.8 Å². The van der Waals surface area contributed by atoms with E-state index < -0.39 is 30.2 Å². The van der Waals surface area contributed by atoms with E-state index in [1.165, 1.54) is 0 Å². The van der Waals surface area contributed by atoms with E-state index in [2.05, 4.69) is 10.6 Å². The molecule has 0 aliphatic carbocycles. The minimum Gasteiger partial charge on any atom is -0.481 e. The lowest BCUT2D eigenvalue weighted by molar-refractivity contribution is -0.137. The molecule has 3 N–H and O–H groups in total. The van der Waals surface area contributed by atoms with Crippen LogP contribution in [0.5, 0.6) is 11.5 Å². The molecule has 4 rings (SSSR count). The second-order valence-electron chi connectivity index (χ2n) is 9.31. The van der Waals surface area contributed by atoms with Gasteiger partial charge in [-0.15, -0.1) is 22.7 Å². The van der Waals surface area contributed by atoms with Crippen molar-refractivity contribution in [2.45, 2.75) is 57.8 Å². The molecule has 0 fully saturated rings. The largest absolute Gasteiger partial charge is 0.481 e. The van der Waals surface area contributed by atoms with Crippen LogP contribution in [0.15, 0.2) is 53.2 Å². The first kappa shape index (κ1) is 29.2. The number of rotatable bonds is 14. The van der Waals surface area contributed by atoms with Crippen LogP contribution in [0.4, 0.5) is 9.59 Å². The highest BCUT2D eigenvalue weighted by Crippen LogP contribution is 2.34. The van der Waals surface area contributed by atoms with Gasteiger partial charge in [-0.2, -0.15) is 0 Å². The summed E-state index contributed by atoms with van der Waals surface area (Å²) in [5, 5.41) is 19.0. The number of carboxylic acid groups (broad SMARTS) is 1. The Balaban J connectivity index is 1.38. The van der Waals surface area contributed by atoms with Gasteiger partial charge >= 0.3 is 18.1 Å². The van der Waals surface area contributed by atoms with Crippen molar-refractivity contribution >= 4 is 40.8 Å². The van der Waals surface area contributed by atoms with Crippen LogP contribution in [0.2, 0.25) is 0 Å². The third kappa shape index (κ3) is 8.62. The van der Waals surface area contributed by atoms with Gasteiger partial charge in [0.05, 0.1) is 31.6 Å². The summed E-state index contributed by atoms with van der Waals surface area (Å²) < 4.78 is 16.4. The smallest absolute Gasteiger partial charge is 0.410 e. The highest BCUT2D eigenvalue weighted by atomic mass is 32.1. The van der Waals surface area contributed by atoms with Crippen LogP contribution < -0.4 is 20.1 Å². The molecule has 3 heterocycles. The molecule has 2 atom stereocenters. The fraction of sp³-hybridized carbons (Fsp3) is 0.393. The summed E-state index contributed by atoms with van der Waals surface area (Å²) in [5.74, 6) is 0.00408. The molecule has 3 amide bonds. The van der Waals surface area contributed by atoms with E-state index in [4.69, 9.17) is 14.2 Å². The zero-order valence-corrected chi connectivity index (χ0v) is 23.8. The lowest BCUT2D eigenvalue weighted by Gasteiger charge is -2.25. The Morgan fingerprint density at radius 1 is 1.02 bits per heavy atom. The molecule has 1 aliphatic heterocycles. The zero-order chi connectivity index (χ0) is 28.3. The molecule has 0 bridgehead atoms. The number of amides is 3. The third-order valence-corrected chi connectivity index (χ3v) is 7.97. The van der Waals surface area contributed by atoms with Crippen LogP contribution in [-0.2, 0) is 22.6 Å². The second kappa shape index (κ2) is 14.6. The van der Waals surface area contributed by atoms with E-state index in [9.17, 15) is 19.5 Å². The fourth-order valence-electron chi connectivity index (χ4n) is 4.22. The summed E-state index contributed by atoms with van der Waals surface area (Å²) in [4.78, 5) is 41.4. The Morgan fingerprint density at radius 3 is 2.35 bits per heavy atom. The lowest BCUT2D eigenvalue weighted by atomic mass is 10.0. The van der Waals surface area contributed by atoms with E-state index in [1.807, 2.05) is 41.9 Å². The number of nitrogens with one attached hydrogen (secondary N) is 2. The van der Waals surface area contributed by atoms with E-state index in [0.29, 0.717) is 36.6 Å². The summed E-state index contributed by atoms with van der Waals surface area (Å²) in [6.45, 7) is 2.97. The number of hydrogen-bond acceptors (Lipinski definition) is 8. The quantitative estimate of drug-likeness (QED) is 0.219. The molecule has 2 aromatic heterocycles. The summed E-state index contributed by atoms with van der Waals surface area (Å²) >= 11 is 3.14. The minimum absolute atomic E-state index is 0.00868. The predicted molar refractivity (Wildman–Crippen MR) is 152 cm³/mol. The van der Waals surface area contributed by atoms with E-state index in [0.717, 1.165) is 22.6 Å². The van der Waals surface area contributed by atoms with Gasteiger partial charge in [0.2, 0.25) is 6.79 Å². The maximum Gasteiger partial charge on any atom is 0.410 e. The van der Waals surface area contributed by atoms with Crippen molar-refractivity contribution in [3.05, 3.63) is 68.5 Å². The standard InChI is InChI=1S/C28H33N3O7S2/c1-2-3-6-20(17-36-28(35)31(15-21-7-4-11-39-21)16-22-8-5-12-40-22)29-27(34)30-23(14-26(32)33)19-9-10-24-25(13-19)38-18-37-24/h4-5,7-13,20,23H,2-3,6,14-18H2,1H3,(H,32,33)(H2,29,30,34)/t20-,23-/m0/s1. The first-order valence-corrected chi connectivity index (χ1v) is 14.8. The number of nitrogens with zero attached hydrogens (tertiary/aromatic N) is 1. The van der Waals surface area contributed by atoms with Crippen molar-refractivity contribution in [2.75, 3.05) is 13.4 Å². The van der Waals surface area contributed by atoms with Crippen LogP contribution in [0, 0.1) is 0 Å². The number of aliphatic carboxylic acids is 1. The molecule has 0 unspecified atom stereocenters. The maximum absolute atomic E-state index is 13.1. The Bertz CT molecular complexity index is 1210. The van der Waals surface area contributed by atoms with Gasteiger partial charge in [-0.25, -0.2) is 9.59 Å². The average Bonchev–Trinajstić information content (AvgIpc) is 3.72. The summed E-state index contributed by atoms with van der Waals surface area (Å²) in [6.07, 6.45) is 1.53. The Hall–Kier alpha value is -3.77. The van der Waals surface area contributed by atoms with Gasteiger partial charge in [-0.3, -0.25) is 9.69 Å². The number of unbranched alkanes of at least 4 members (excludes halogenated alkanes) is 1. The average molecular weight is 588 g/mol. The summed E-state index contributed by atoms with van der Waals surface area (Å²) in [7, 11) is 0. The number of benzene rings is 1. The molecule has 214 valence electrons. The molecule has 0 radical (unpaired) electrons. The number of carboxylic acids is 1. The van der Waals surface area contributed by atoms with Crippen molar-refractivity contribution in [1.82, 2.24) is 15.5 Å². The number of thiophene rings is 2. The van der Waals surface area contributed by atoms with Gasteiger partial charge in [-0.05, 0) is 47.0 Å². The Kier molecular flexibility index (Phi) is 10.6. The number of urea groups is 1. The van der Waals surface area contributed by atoms with Crippen LogP contribution in [0.3, 0.4) is 0 Å². The van der Waals surface area contributed by atoms with Crippen molar-refractivity contribution in [1.29, 1.82) is 0 Å². The minimum atomic E-state index is -1.06. The first-order valence-electron chi connectivity index (χ1n) is 13.1. The highest BCUT2D eigenvalue weighted by Gasteiger charge is 2.24. The van der Waals surface area contributed by atoms with Crippen molar-refractivity contribution in [3.8, 4) is 11.5 Å². The maximum atomic E-state index is 13.1. The van der Waals surface area contributed by atoms with Gasteiger partial charge in [0.1, 0.15) is 6.61 Å². The molecule has 1 aliphatic rings. The Morgan fingerprint density at radius 2 is 1.73 bits per heavy atom. The van der Waals surface area contributed by atoms with Crippen molar-refractivity contribution in [2.24, 2.45) is 0 Å². The number of carbonyl (C=O) groups excluding carboxylic acids is 2. The lowest BCUT2D eigenvalue weighted by Crippen LogP contribution is -2.46. The van der Waals surface area contributed by atoms with Crippen molar-refractivity contribution < 1.29 is 33.7 Å². The first-order chi connectivity index (χ1) is 19.4. The fourth-order valence-corrected chi connectivity index (χ4v) is 5.66. The molecule has 40 heavy (non-hydrogen) atoms. The summed E-state index contributed by atoms with van der Waals surface area (Å²) in [5.41, 5.74) is 0.580. The molecule has 10 nitrogen and oxygen atoms in total. The molecule has 0 saturated carbocycles. The molecule has 1 aromatic carbocycles. The van der Waals surface area contributed by atoms with Crippen LogP contribution in [0.25, 0.3) is 0 Å². The number of ether oxygens (including phenoxy) is 3. The second-order valence-corrected chi connectivity index (χ2v) is 11.4. The number of fused-ring (bicyclic) bond motifs is 1. The molecular formula is C28H33N3O7S2. The highest BCUT2D eigenvalue weighted by molar-refractivity contribution is 7.10. The number of hydrogen-bond donors (Lipinski definition) is 3. The monoisotopic (exact) mass is 587 g/mol. The third-order valence-electron chi connectivity index (χ3n) is 6.24. The molecule has 12 heteroatoms. The molecule has 0 saturated heterocycles. The van der Waals surface area contributed by atoms with Crippen LogP contribution in [-0.4, -0.2) is 47.5 Å². The molecule has 3 aromatic rings. The van der Waals surface area contributed by atoms with Crippen LogP contribution >= 0.6 is 22.7 Å². The normalized spacial score (nSPS) is 13.3. The van der Waals surface area contributed by atoms with Gasteiger partial charge in [0.25, 0.3) is 0 Å². The van der Waals surface area contributed by atoms with Gasteiger partial charge in [-0.1, -0.05) is 38.0 Å². The van der Waals surface area contributed by atoms with Gasteiger partial charge in [0, 0.05) is 9.75 Å². The Labute approximate surface area is 240 Å². The molecular weight excluding hydrogens is 554 g/mol. The van der Waals surface area contributed by atoms with Crippen molar-refractivity contribution in [3.63, 3.8) is 0 Å². The van der Waals surface area contributed by atoms with E-state index in [-0.39, 0.29) is 19.8 Å². The number of carbonyl (C=O) groups is 3. The molecule has 0 spiro atoms. The van der Waals surface area contributed by atoms with E-state index >= 15 is 0 Å². The predicted octanol–water partition coefficient (Wildman–Crippen LogP) is 5.75. The summed E-state index contributed by atoms with van der Waals surface area (Å²) in [6, 6.07) is 11.1. The SMILES string of the molecule is CCCC[C@@H](COC(=O)N(Cc1cccs1)Cc1cccs1)NC(=O)N[C@@H](CC(=O)O)c1ccc2c(c1)OCO2. The topological polar surface area (TPSA) is 126 Å². The van der Waals surface area contributed by atoms with Gasteiger partial charge < -0.3 is 30.0 Å².